The van der Waals surface area contributed by atoms with E-state index in [4.69, 9.17) is 5.73 Å². The second-order valence-electron chi connectivity index (χ2n) is 2.61. The zero-order valence-corrected chi connectivity index (χ0v) is 7.25. The normalized spacial score (nSPS) is 10.1. The van der Waals surface area contributed by atoms with Gasteiger partial charge in [-0.05, 0) is 13.0 Å². The van der Waals surface area contributed by atoms with Crippen molar-refractivity contribution in [2.75, 3.05) is 12.3 Å². The highest BCUT2D eigenvalue weighted by atomic mass is 14.9. The van der Waals surface area contributed by atoms with Gasteiger partial charge >= 0.3 is 0 Å². The Morgan fingerprint density at radius 2 is 2.33 bits per heavy atom. The van der Waals surface area contributed by atoms with Crippen LogP contribution < -0.4 is 11.1 Å². The van der Waals surface area contributed by atoms with E-state index in [1.807, 2.05) is 0 Å². The Kier molecular flexibility index (Phi) is 3.47. The highest BCUT2D eigenvalue weighted by Gasteiger charge is 1.93. The van der Waals surface area contributed by atoms with Gasteiger partial charge in [-0.1, -0.05) is 6.92 Å². The van der Waals surface area contributed by atoms with E-state index in [-0.39, 0.29) is 0 Å². The molecule has 12 heavy (non-hydrogen) atoms. The number of nitrogens with one attached hydrogen (secondary N) is 1. The first-order chi connectivity index (χ1) is 5.83. The Morgan fingerprint density at radius 3 is 3.00 bits per heavy atom. The molecule has 66 valence electrons. The van der Waals surface area contributed by atoms with Crippen LogP contribution in [0.25, 0.3) is 0 Å². The van der Waals surface area contributed by atoms with E-state index in [1.165, 1.54) is 0 Å². The maximum absolute atomic E-state index is 5.46. The standard InChI is InChI=1S/C8H14N4/c1-2-3-10-4-7-5-11-6-8(9)12-7/h5-6,10H,2-4H2,1H3,(H2,9,12). The van der Waals surface area contributed by atoms with Crippen LogP contribution in [0.15, 0.2) is 12.4 Å². The minimum atomic E-state index is 0.478. The second kappa shape index (κ2) is 4.66. The van der Waals surface area contributed by atoms with Crippen molar-refractivity contribution in [3.63, 3.8) is 0 Å². The molecule has 0 radical (unpaired) electrons. The molecule has 0 saturated heterocycles. The third-order valence-electron chi connectivity index (χ3n) is 1.44. The van der Waals surface area contributed by atoms with Crippen molar-refractivity contribution in [3.8, 4) is 0 Å². The molecule has 3 N–H and O–H groups in total. The van der Waals surface area contributed by atoms with Gasteiger partial charge in [-0.2, -0.15) is 0 Å². The Bertz CT molecular complexity index is 236. The molecule has 4 nitrogen and oxygen atoms in total. The SMILES string of the molecule is CCCNCc1cncc(N)n1. The lowest BCUT2D eigenvalue weighted by molar-refractivity contribution is 0.663. The van der Waals surface area contributed by atoms with Gasteiger partial charge in [0, 0.05) is 12.7 Å². The number of nitrogens with zero attached hydrogens (tertiary/aromatic N) is 2. The molecule has 1 aromatic rings. The molecule has 4 heteroatoms. The van der Waals surface area contributed by atoms with E-state index in [1.54, 1.807) is 12.4 Å². The minimum Gasteiger partial charge on any atom is -0.382 e. The summed E-state index contributed by atoms with van der Waals surface area (Å²) in [6.07, 6.45) is 4.39. The van der Waals surface area contributed by atoms with Crippen LogP contribution in [0, 0.1) is 0 Å². The maximum Gasteiger partial charge on any atom is 0.142 e. The molecule has 1 rings (SSSR count). The van der Waals surface area contributed by atoms with Crippen molar-refractivity contribution in [2.45, 2.75) is 19.9 Å². The fourth-order valence-electron chi connectivity index (χ4n) is 0.902. The molecular formula is C8H14N4. The fourth-order valence-corrected chi connectivity index (χ4v) is 0.902. The summed E-state index contributed by atoms with van der Waals surface area (Å²) in [5.41, 5.74) is 6.35. The van der Waals surface area contributed by atoms with Crippen LogP contribution in [-0.4, -0.2) is 16.5 Å². The van der Waals surface area contributed by atoms with Gasteiger partial charge in [0.05, 0.1) is 11.9 Å². The Labute approximate surface area is 72.2 Å². The first-order valence-corrected chi connectivity index (χ1v) is 4.10. The van der Waals surface area contributed by atoms with Crippen LogP contribution in [0.5, 0.6) is 0 Å². The summed E-state index contributed by atoms with van der Waals surface area (Å²) >= 11 is 0. The minimum absolute atomic E-state index is 0.478. The number of aromatic nitrogens is 2. The Hall–Kier alpha value is -1.16. The van der Waals surface area contributed by atoms with Crippen LogP contribution >= 0.6 is 0 Å². The molecule has 0 aromatic carbocycles. The lowest BCUT2D eigenvalue weighted by atomic mass is 10.4. The van der Waals surface area contributed by atoms with Crippen LogP contribution in [0.4, 0.5) is 5.82 Å². The highest BCUT2D eigenvalue weighted by molar-refractivity contribution is 5.23. The summed E-state index contributed by atoms with van der Waals surface area (Å²) in [6, 6.07) is 0. The number of nitrogen functional groups attached to an aromatic ring is 1. The van der Waals surface area contributed by atoms with Gasteiger partial charge in [0.15, 0.2) is 0 Å². The third kappa shape index (κ3) is 2.84. The summed E-state index contributed by atoms with van der Waals surface area (Å²) in [6.45, 7) is 3.86. The molecule has 0 aliphatic heterocycles. The van der Waals surface area contributed by atoms with Gasteiger partial charge in [-0.25, -0.2) is 4.98 Å². The Morgan fingerprint density at radius 1 is 1.50 bits per heavy atom. The van der Waals surface area contributed by atoms with Crippen molar-refractivity contribution in [1.29, 1.82) is 0 Å². The van der Waals surface area contributed by atoms with Crippen LogP contribution in [0.1, 0.15) is 19.0 Å². The van der Waals surface area contributed by atoms with Crippen molar-refractivity contribution in [2.24, 2.45) is 0 Å². The van der Waals surface area contributed by atoms with Crippen molar-refractivity contribution in [1.82, 2.24) is 15.3 Å². The molecule has 0 unspecified atom stereocenters. The molecule has 1 aromatic heterocycles. The molecular weight excluding hydrogens is 152 g/mol. The van der Waals surface area contributed by atoms with Gasteiger partial charge in [0.1, 0.15) is 5.82 Å². The molecule has 0 aliphatic rings. The van der Waals surface area contributed by atoms with Crippen LogP contribution in [-0.2, 0) is 6.54 Å². The number of hydrogen-bond donors (Lipinski definition) is 2. The number of nitrogens with two attached hydrogens (primary N) is 1. The molecule has 0 bridgehead atoms. The number of hydrogen-bond acceptors (Lipinski definition) is 4. The fraction of sp³-hybridized carbons (Fsp3) is 0.500. The number of rotatable bonds is 4. The van der Waals surface area contributed by atoms with Gasteiger partial charge < -0.3 is 11.1 Å². The molecule has 0 amide bonds. The lowest BCUT2D eigenvalue weighted by Crippen LogP contribution is -2.15. The summed E-state index contributed by atoms with van der Waals surface area (Å²) in [7, 11) is 0. The first kappa shape index (κ1) is 8.93. The van der Waals surface area contributed by atoms with E-state index < -0.39 is 0 Å². The quantitative estimate of drug-likeness (QED) is 0.641. The van der Waals surface area contributed by atoms with Crippen LogP contribution in [0.3, 0.4) is 0 Å². The van der Waals surface area contributed by atoms with Gasteiger partial charge in [-0.3, -0.25) is 4.98 Å². The number of anilines is 1. The van der Waals surface area contributed by atoms with Crippen molar-refractivity contribution in [3.05, 3.63) is 18.1 Å². The molecule has 0 spiro atoms. The van der Waals surface area contributed by atoms with E-state index in [0.29, 0.717) is 5.82 Å². The summed E-state index contributed by atoms with van der Waals surface area (Å²) in [4.78, 5) is 8.03. The van der Waals surface area contributed by atoms with Crippen molar-refractivity contribution < 1.29 is 0 Å². The molecule has 0 aliphatic carbocycles. The monoisotopic (exact) mass is 166 g/mol. The van der Waals surface area contributed by atoms with Gasteiger partial charge in [0.2, 0.25) is 0 Å². The summed E-state index contributed by atoms with van der Waals surface area (Å²) < 4.78 is 0. The van der Waals surface area contributed by atoms with E-state index in [2.05, 4.69) is 22.2 Å². The van der Waals surface area contributed by atoms with Gasteiger partial charge in [0.25, 0.3) is 0 Å². The van der Waals surface area contributed by atoms with Crippen LogP contribution in [0.2, 0.25) is 0 Å². The average molecular weight is 166 g/mol. The molecule has 0 saturated carbocycles. The predicted octanol–water partition coefficient (Wildman–Crippen LogP) is 0.558. The zero-order valence-electron chi connectivity index (χ0n) is 7.25. The average Bonchev–Trinajstić information content (AvgIpc) is 2.05. The predicted molar refractivity (Wildman–Crippen MR) is 48.4 cm³/mol. The van der Waals surface area contributed by atoms with Crippen molar-refractivity contribution >= 4 is 5.82 Å². The Balaban J connectivity index is 2.41. The van der Waals surface area contributed by atoms with E-state index >= 15 is 0 Å². The van der Waals surface area contributed by atoms with E-state index in [0.717, 1.165) is 25.2 Å². The highest BCUT2D eigenvalue weighted by Crippen LogP contribution is 1.95. The smallest absolute Gasteiger partial charge is 0.142 e. The largest absolute Gasteiger partial charge is 0.382 e. The first-order valence-electron chi connectivity index (χ1n) is 4.10. The maximum atomic E-state index is 5.46. The summed E-state index contributed by atoms with van der Waals surface area (Å²) in [5.74, 6) is 0.478. The van der Waals surface area contributed by atoms with Gasteiger partial charge in [-0.15, -0.1) is 0 Å². The molecule has 0 atom stereocenters. The lowest BCUT2D eigenvalue weighted by Gasteiger charge is -2.01. The third-order valence-corrected chi connectivity index (χ3v) is 1.44. The second-order valence-corrected chi connectivity index (χ2v) is 2.61. The topological polar surface area (TPSA) is 63.8 Å². The molecule has 1 heterocycles. The van der Waals surface area contributed by atoms with E-state index in [9.17, 15) is 0 Å². The zero-order chi connectivity index (χ0) is 8.81. The molecule has 0 fully saturated rings. The summed E-state index contributed by atoms with van der Waals surface area (Å²) in [5, 5.41) is 3.22.